The molecule has 0 aliphatic rings. The van der Waals surface area contributed by atoms with E-state index in [4.69, 9.17) is 9.52 Å². The summed E-state index contributed by atoms with van der Waals surface area (Å²) < 4.78 is 5.66. The van der Waals surface area contributed by atoms with E-state index in [1.165, 1.54) is 0 Å². The Morgan fingerprint density at radius 3 is 2.84 bits per heavy atom. The number of hydrogen-bond donors (Lipinski definition) is 1. The fourth-order valence-corrected chi connectivity index (χ4v) is 2.12. The number of nitrogens with zero attached hydrogens (tertiary/aromatic N) is 2. The molecule has 2 aromatic rings. The van der Waals surface area contributed by atoms with Crippen molar-refractivity contribution in [1.82, 2.24) is 9.88 Å². The first kappa shape index (κ1) is 13.5. The van der Waals surface area contributed by atoms with Crippen molar-refractivity contribution in [1.29, 1.82) is 0 Å². The molecule has 5 heteroatoms. The number of carboxylic acid groups (broad SMARTS) is 1. The number of aromatic nitrogens is 1. The molecule has 0 amide bonds. The summed E-state index contributed by atoms with van der Waals surface area (Å²) in [5.41, 5.74) is 1.60. The highest BCUT2D eigenvalue weighted by Crippen LogP contribution is 2.17. The molecule has 1 unspecified atom stereocenters. The number of oxazole rings is 1. The molecule has 1 aromatic carbocycles. The Morgan fingerprint density at radius 1 is 1.47 bits per heavy atom. The fourth-order valence-electron chi connectivity index (χ4n) is 2.12. The van der Waals surface area contributed by atoms with Crippen LogP contribution in [0.1, 0.15) is 26.2 Å². The summed E-state index contributed by atoms with van der Waals surface area (Å²) in [5.74, 6) is -0.163. The van der Waals surface area contributed by atoms with Gasteiger partial charge in [0.2, 0.25) is 5.89 Å². The SMILES string of the molecule is CCN(Cc1nc2ccccc2o1)C(C)CC(=O)O. The summed E-state index contributed by atoms with van der Waals surface area (Å²) in [6.07, 6.45) is 0.119. The fraction of sp³-hybridized carbons (Fsp3) is 0.429. The maximum atomic E-state index is 10.8. The summed E-state index contributed by atoms with van der Waals surface area (Å²) in [5, 5.41) is 8.84. The molecule has 0 aliphatic carbocycles. The first-order valence-electron chi connectivity index (χ1n) is 6.40. The molecule has 19 heavy (non-hydrogen) atoms. The minimum atomic E-state index is -0.788. The quantitative estimate of drug-likeness (QED) is 0.866. The third-order valence-corrected chi connectivity index (χ3v) is 3.18. The van der Waals surface area contributed by atoms with Crippen LogP contribution in [0.4, 0.5) is 0 Å². The monoisotopic (exact) mass is 262 g/mol. The van der Waals surface area contributed by atoms with E-state index in [1.54, 1.807) is 0 Å². The van der Waals surface area contributed by atoms with Gasteiger partial charge >= 0.3 is 5.97 Å². The second-order valence-corrected chi connectivity index (χ2v) is 4.59. The third-order valence-electron chi connectivity index (χ3n) is 3.18. The Balaban J connectivity index is 2.11. The van der Waals surface area contributed by atoms with Crippen molar-refractivity contribution >= 4 is 17.1 Å². The number of hydrogen-bond acceptors (Lipinski definition) is 4. The van der Waals surface area contributed by atoms with Gasteiger partial charge in [-0.1, -0.05) is 19.1 Å². The predicted molar refractivity (Wildman–Crippen MR) is 71.8 cm³/mol. The van der Waals surface area contributed by atoms with Crippen LogP contribution in [-0.4, -0.2) is 33.5 Å². The molecule has 0 fully saturated rings. The lowest BCUT2D eigenvalue weighted by molar-refractivity contribution is -0.138. The van der Waals surface area contributed by atoms with Crippen molar-refractivity contribution < 1.29 is 14.3 Å². The standard InChI is InChI=1S/C14H18N2O3/c1-3-16(10(2)8-14(17)18)9-13-15-11-6-4-5-7-12(11)19-13/h4-7,10H,3,8-9H2,1-2H3,(H,17,18). The molecule has 0 aliphatic heterocycles. The van der Waals surface area contributed by atoms with Gasteiger partial charge in [-0.05, 0) is 25.6 Å². The zero-order chi connectivity index (χ0) is 13.8. The van der Waals surface area contributed by atoms with Crippen molar-refractivity contribution in [3.05, 3.63) is 30.2 Å². The number of carboxylic acids is 1. The van der Waals surface area contributed by atoms with Crippen LogP contribution in [0.3, 0.4) is 0 Å². The predicted octanol–water partition coefficient (Wildman–Crippen LogP) is 2.51. The van der Waals surface area contributed by atoms with Crippen LogP contribution in [0.2, 0.25) is 0 Å². The largest absolute Gasteiger partial charge is 0.481 e. The molecule has 0 saturated heterocycles. The Bertz CT molecular complexity index is 532. The molecule has 0 bridgehead atoms. The molecule has 1 heterocycles. The van der Waals surface area contributed by atoms with Crippen molar-refractivity contribution in [3.63, 3.8) is 0 Å². The van der Waals surface area contributed by atoms with E-state index < -0.39 is 5.97 Å². The molecular weight excluding hydrogens is 244 g/mol. The van der Waals surface area contributed by atoms with Crippen LogP contribution in [0.5, 0.6) is 0 Å². The van der Waals surface area contributed by atoms with Gasteiger partial charge in [0.1, 0.15) is 5.52 Å². The normalized spacial score (nSPS) is 13.0. The van der Waals surface area contributed by atoms with Crippen molar-refractivity contribution in [2.45, 2.75) is 32.9 Å². The first-order chi connectivity index (χ1) is 9.10. The molecule has 1 N–H and O–H groups in total. The summed E-state index contributed by atoms with van der Waals surface area (Å²) in [4.78, 5) is 17.2. The van der Waals surface area contributed by atoms with E-state index in [1.807, 2.05) is 43.0 Å². The van der Waals surface area contributed by atoms with Gasteiger partial charge in [-0.3, -0.25) is 9.69 Å². The molecule has 102 valence electrons. The van der Waals surface area contributed by atoms with Crippen LogP contribution in [0, 0.1) is 0 Å². The minimum Gasteiger partial charge on any atom is -0.481 e. The Labute approximate surface area is 111 Å². The van der Waals surface area contributed by atoms with E-state index in [2.05, 4.69) is 4.98 Å². The van der Waals surface area contributed by atoms with Crippen molar-refractivity contribution in [3.8, 4) is 0 Å². The number of rotatable bonds is 6. The summed E-state index contributed by atoms with van der Waals surface area (Å²) >= 11 is 0. The molecule has 1 aromatic heterocycles. The Morgan fingerprint density at radius 2 is 2.21 bits per heavy atom. The molecule has 0 saturated carbocycles. The molecule has 0 radical (unpaired) electrons. The van der Waals surface area contributed by atoms with Crippen molar-refractivity contribution in [2.24, 2.45) is 0 Å². The average molecular weight is 262 g/mol. The highest BCUT2D eigenvalue weighted by molar-refractivity contribution is 5.72. The highest BCUT2D eigenvalue weighted by atomic mass is 16.4. The lowest BCUT2D eigenvalue weighted by Gasteiger charge is -2.24. The van der Waals surface area contributed by atoms with Gasteiger partial charge in [-0.2, -0.15) is 0 Å². The zero-order valence-electron chi connectivity index (χ0n) is 11.2. The number of para-hydroxylation sites is 2. The third kappa shape index (κ3) is 3.32. The molecular formula is C14H18N2O3. The second-order valence-electron chi connectivity index (χ2n) is 4.59. The molecule has 5 nitrogen and oxygen atoms in total. The summed E-state index contributed by atoms with van der Waals surface area (Å²) in [7, 11) is 0. The van der Waals surface area contributed by atoms with Gasteiger partial charge in [-0.25, -0.2) is 4.98 Å². The van der Waals surface area contributed by atoms with Crippen LogP contribution in [0.25, 0.3) is 11.1 Å². The van der Waals surface area contributed by atoms with Gasteiger partial charge in [-0.15, -0.1) is 0 Å². The van der Waals surface area contributed by atoms with E-state index in [-0.39, 0.29) is 12.5 Å². The van der Waals surface area contributed by atoms with Crippen LogP contribution >= 0.6 is 0 Å². The Hall–Kier alpha value is -1.88. The van der Waals surface area contributed by atoms with E-state index in [0.717, 1.165) is 17.6 Å². The number of benzene rings is 1. The van der Waals surface area contributed by atoms with Gasteiger partial charge < -0.3 is 9.52 Å². The summed E-state index contributed by atoms with van der Waals surface area (Å²) in [6, 6.07) is 7.56. The van der Waals surface area contributed by atoms with Crippen molar-refractivity contribution in [2.75, 3.05) is 6.54 Å². The lowest BCUT2D eigenvalue weighted by atomic mass is 10.2. The zero-order valence-corrected chi connectivity index (χ0v) is 11.2. The second kappa shape index (κ2) is 5.84. The maximum Gasteiger partial charge on any atom is 0.304 e. The van der Waals surface area contributed by atoms with Crippen LogP contribution < -0.4 is 0 Å². The molecule has 1 atom stereocenters. The van der Waals surface area contributed by atoms with Gasteiger partial charge in [0, 0.05) is 6.04 Å². The first-order valence-corrected chi connectivity index (χ1v) is 6.40. The number of aliphatic carboxylic acids is 1. The van der Waals surface area contributed by atoms with Gasteiger partial charge in [0.05, 0.1) is 13.0 Å². The average Bonchev–Trinajstić information content (AvgIpc) is 2.77. The van der Waals surface area contributed by atoms with Gasteiger partial charge in [0.15, 0.2) is 5.58 Å². The van der Waals surface area contributed by atoms with E-state index >= 15 is 0 Å². The van der Waals surface area contributed by atoms with E-state index in [0.29, 0.717) is 12.4 Å². The highest BCUT2D eigenvalue weighted by Gasteiger charge is 2.18. The van der Waals surface area contributed by atoms with Gasteiger partial charge in [0.25, 0.3) is 0 Å². The number of carbonyl (C=O) groups is 1. The number of fused-ring (bicyclic) bond motifs is 1. The summed E-state index contributed by atoms with van der Waals surface area (Å²) in [6.45, 7) is 5.19. The molecule has 0 spiro atoms. The minimum absolute atomic E-state index is 0.0440. The van der Waals surface area contributed by atoms with E-state index in [9.17, 15) is 4.79 Å². The smallest absolute Gasteiger partial charge is 0.304 e. The lowest BCUT2D eigenvalue weighted by Crippen LogP contribution is -2.34. The Kier molecular flexibility index (Phi) is 4.16. The van der Waals surface area contributed by atoms with Crippen LogP contribution in [-0.2, 0) is 11.3 Å². The van der Waals surface area contributed by atoms with Crippen LogP contribution in [0.15, 0.2) is 28.7 Å². The maximum absolute atomic E-state index is 10.8. The molecule has 2 rings (SSSR count). The topological polar surface area (TPSA) is 66.6 Å².